The maximum Gasteiger partial charge on any atom is 0.262 e. The van der Waals surface area contributed by atoms with E-state index < -0.39 is 50.9 Å². The Morgan fingerprint density at radius 2 is 1.07 bits per heavy atom. The molecule has 0 bridgehead atoms. The Bertz CT molecular complexity index is 605. The molecule has 0 aliphatic rings. The quantitative estimate of drug-likeness (QED) is 0.0819. The Morgan fingerprint density at radius 1 is 0.633 bits per heavy atom. The first-order valence-corrected chi connectivity index (χ1v) is 12.2. The van der Waals surface area contributed by atoms with Crippen molar-refractivity contribution in [2.24, 2.45) is 0 Å². The van der Waals surface area contributed by atoms with Gasteiger partial charge in [-0.25, -0.2) is 22.0 Å². The molecule has 1 aromatic rings. The molecule has 0 N–H and O–H groups in total. The molecule has 0 aliphatic heterocycles. The molecule has 0 amide bonds. The van der Waals surface area contributed by atoms with Gasteiger partial charge in [-0.3, -0.25) is 0 Å². The minimum Gasteiger partial charge on any atom is -0.379 e. The molecule has 0 fully saturated rings. The van der Waals surface area contributed by atoms with Crippen molar-refractivity contribution in [1.29, 1.82) is 0 Å². The first-order chi connectivity index (χ1) is 14.1. The third kappa shape index (κ3) is 9.41. The highest BCUT2D eigenvalue weighted by atomic mass is 28.2. The monoisotopic (exact) mass is 456 g/mol. The molecule has 9 heteroatoms. The number of rotatable bonds is 15. The van der Waals surface area contributed by atoms with Gasteiger partial charge in [0, 0.05) is 5.56 Å². The van der Waals surface area contributed by atoms with Gasteiger partial charge in [-0.15, -0.1) is 0 Å². The van der Waals surface area contributed by atoms with Crippen molar-refractivity contribution in [3.63, 3.8) is 0 Å². The summed E-state index contributed by atoms with van der Waals surface area (Å²) in [6.45, 7) is 7.08. The van der Waals surface area contributed by atoms with Crippen molar-refractivity contribution < 1.29 is 35.9 Å². The zero-order chi connectivity index (χ0) is 22.7. The summed E-state index contributed by atoms with van der Waals surface area (Å²) in [5, 5.41) is 0. The summed E-state index contributed by atoms with van der Waals surface area (Å²) in [4.78, 5) is 0. The van der Waals surface area contributed by atoms with E-state index in [9.17, 15) is 22.0 Å². The van der Waals surface area contributed by atoms with Crippen LogP contribution in [0.3, 0.4) is 0 Å². The van der Waals surface area contributed by atoms with E-state index in [0.29, 0.717) is 12.8 Å². The van der Waals surface area contributed by atoms with E-state index in [4.69, 9.17) is 13.9 Å². The number of benzene rings is 1. The van der Waals surface area contributed by atoms with Crippen LogP contribution in [0.15, 0.2) is 0 Å². The number of hydrogen-bond donors (Lipinski definition) is 0. The smallest absolute Gasteiger partial charge is 0.262 e. The lowest BCUT2D eigenvalue weighted by Crippen LogP contribution is -2.28. The summed E-state index contributed by atoms with van der Waals surface area (Å²) < 4.78 is 83.5. The Morgan fingerprint density at radius 3 is 1.57 bits per heavy atom. The first-order valence-electron chi connectivity index (χ1n) is 10.6. The molecule has 0 spiro atoms. The molecule has 174 valence electrons. The minimum absolute atomic E-state index is 0.0209. The van der Waals surface area contributed by atoms with Gasteiger partial charge in [0.2, 0.25) is 5.82 Å². The lowest BCUT2D eigenvalue weighted by atomic mass is 10.0. The molecule has 0 saturated heterocycles. The summed E-state index contributed by atoms with van der Waals surface area (Å²) >= 11 is 0. The topological polar surface area (TPSA) is 27.7 Å². The largest absolute Gasteiger partial charge is 0.379 e. The predicted molar refractivity (Wildman–Crippen MR) is 108 cm³/mol. The number of halogens is 5. The second-order valence-corrected chi connectivity index (χ2v) is 9.25. The molecule has 0 atom stereocenters. The lowest BCUT2D eigenvalue weighted by molar-refractivity contribution is -0.275. The molecular weight excluding hydrogens is 423 g/mol. The Labute approximate surface area is 178 Å². The number of unbranched alkanes of at least 4 members (excludes halogenated alkanes) is 5. The van der Waals surface area contributed by atoms with Crippen LogP contribution >= 0.6 is 0 Å². The van der Waals surface area contributed by atoms with Gasteiger partial charge in [-0.2, -0.15) is 0 Å². The molecule has 0 aromatic heterocycles. The van der Waals surface area contributed by atoms with E-state index in [1.165, 1.54) is 0 Å². The molecule has 0 unspecified atom stereocenters. The van der Waals surface area contributed by atoms with Crippen molar-refractivity contribution in [2.45, 2.75) is 97.4 Å². The molecule has 0 radical (unpaired) electrons. The van der Waals surface area contributed by atoms with Crippen molar-refractivity contribution in [1.82, 2.24) is 0 Å². The van der Waals surface area contributed by atoms with Crippen LogP contribution in [-0.4, -0.2) is 28.4 Å². The van der Waals surface area contributed by atoms with E-state index in [1.54, 1.807) is 0 Å². The molecule has 30 heavy (non-hydrogen) atoms. The Balaban J connectivity index is 2.17. The third-order valence-corrected chi connectivity index (χ3v) is 5.69. The van der Waals surface area contributed by atoms with Gasteiger partial charge < -0.3 is 13.9 Å². The molecule has 0 saturated carbocycles. The molecule has 1 rings (SSSR count). The van der Waals surface area contributed by atoms with Crippen LogP contribution in [0.5, 0.6) is 0 Å². The number of hydrogen-bond acceptors (Lipinski definition) is 3. The molecular formula is C21H33F5O3Si. The Kier molecular flexibility index (Phi) is 12.7. The SMILES string of the molecule is CC(C)OC(O[SiH2]CCCCCCCCc1c(F)c(F)c(F)c(F)c1F)OC(C)C. The van der Waals surface area contributed by atoms with Crippen LogP contribution < -0.4 is 0 Å². The molecule has 3 nitrogen and oxygen atoms in total. The molecule has 0 heterocycles. The van der Waals surface area contributed by atoms with Crippen molar-refractivity contribution >= 4 is 9.76 Å². The van der Waals surface area contributed by atoms with Crippen LogP contribution in [0.1, 0.15) is 71.8 Å². The van der Waals surface area contributed by atoms with E-state index >= 15 is 0 Å². The normalized spacial score (nSPS) is 12.4. The summed E-state index contributed by atoms with van der Waals surface area (Å²) in [7, 11) is -0.756. The summed E-state index contributed by atoms with van der Waals surface area (Å²) in [6, 6.07) is 0.990. The fraction of sp³-hybridized carbons (Fsp3) is 0.714. The van der Waals surface area contributed by atoms with Crippen LogP contribution in [0.4, 0.5) is 22.0 Å². The van der Waals surface area contributed by atoms with E-state index in [2.05, 4.69) is 0 Å². The fourth-order valence-corrected chi connectivity index (χ4v) is 3.97. The maximum absolute atomic E-state index is 13.6. The summed E-state index contributed by atoms with van der Waals surface area (Å²) in [6.07, 6.45) is 4.71. The van der Waals surface area contributed by atoms with Gasteiger partial charge in [-0.1, -0.05) is 32.1 Å². The fourth-order valence-electron chi connectivity index (χ4n) is 2.89. The highest BCUT2D eigenvalue weighted by molar-refractivity contribution is 6.27. The summed E-state index contributed by atoms with van der Waals surface area (Å²) in [5.41, 5.74) is -0.726. The standard InChI is InChI=1S/C21H33F5O3Si/c1-13(2)27-21(28-14(3)4)29-30-12-10-8-6-5-7-9-11-15-16(22)18(24)20(26)19(25)17(15)23/h13-14,21H,5-12,30H2,1-4H3. The molecule has 1 aromatic carbocycles. The van der Waals surface area contributed by atoms with Crippen molar-refractivity contribution in [3.8, 4) is 0 Å². The highest BCUT2D eigenvalue weighted by Gasteiger charge is 2.25. The van der Waals surface area contributed by atoms with Gasteiger partial charge in [-0.05, 0) is 46.6 Å². The van der Waals surface area contributed by atoms with Gasteiger partial charge in [0.15, 0.2) is 33.0 Å². The van der Waals surface area contributed by atoms with E-state index in [-0.39, 0.29) is 18.6 Å². The predicted octanol–water partition coefficient (Wildman–Crippen LogP) is 5.92. The second-order valence-electron chi connectivity index (χ2n) is 7.80. The third-order valence-electron chi connectivity index (χ3n) is 4.39. The van der Waals surface area contributed by atoms with E-state index in [0.717, 1.165) is 31.7 Å². The highest BCUT2D eigenvalue weighted by Crippen LogP contribution is 2.24. The van der Waals surface area contributed by atoms with Crippen LogP contribution in [0.2, 0.25) is 6.04 Å². The van der Waals surface area contributed by atoms with Gasteiger partial charge in [0.1, 0.15) is 0 Å². The minimum atomic E-state index is -2.11. The number of ether oxygens (including phenoxy) is 2. The molecule has 0 aliphatic carbocycles. The first kappa shape index (κ1) is 27.0. The van der Waals surface area contributed by atoms with Crippen molar-refractivity contribution in [3.05, 3.63) is 34.6 Å². The maximum atomic E-state index is 13.6. The van der Waals surface area contributed by atoms with Gasteiger partial charge in [0.05, 0.1) is 12.2 Å². The summed E-state index contributed by atoms with van der Waals surface area (Å²) in [5.74, 6) is -9.32. The van der Waals surface area contributed by atoms with Gasteiger partial charge in [0.25, 0.3) is 6.48 Å². The van der Waals surface area contributed by atoms with E-state index in [1.807, 2.05) is 27.7 Å². The zero-order valence-electron chi connectivity index (χ0n) is 18.2. The average molecular weight is 457 g/mol. The van der Waals surface area contributed by atoms with Gasteiger partial charge >= 0.3 is 0 Å². The van der Waals surface area contributed by atoms with Crippen LogP contribution in [0, 0.1) is 29.1 Å². The lowest BCUT2D eigenvalue weighted by Gasteiger charge is -2.23. The Hall–Kier alpha value is -1.03. The van der Waals surface area contributed by atoms with Crippen molar-refractivity contribution in [2.75, 3.05) is 0 Å². The van der Waals surface area contributed by atoms with Crippen LogP contribution in [0.25, 0.3) is 0 Å². The second kappa shape index (κ2) is 14.1. The average Bonchev–Trinajstić information content (AvgIpc) is 2.67. The zero-order valence-corrected chi connectivity index (χ0v) is 19.6. The van der Waals surface area contributed by atoms with Crippen LogP contribution in [-0.2, 0) is 20.3 Å².